The summed E-state index contributed by atoms with van der Waals surface area (Å²) in [6.45, 7) is 4.47. The zero-order valence-electron chi connectivity index (χ0n) is 15.3. The Hall–Kier alpha value is -3.32. The van der Waals surface area contributed by atoms with E-state index < -0.39 is 0 Å². The number of hydrogen-bond donors (Lipinski definition) is 0. The number of rotatable bonds is 2. The number of carbonyl (C=O) groups is 1. The molecule has 7 heteroatoms. The zero-order chi connectivity index (χ0) is 19.4. The Morgan fingerprint density at radius 3 is 2.64 bits per heavy atom. The molecule has 2 aromatic heterocycles. The molecule has 0 saturated carbocycles. The molecule has 1 aliphatic heterocycles. The summed E-state index contributed by atoms with van der Waals surface area (Å²) in [5, 5.41) is 4.40. The summed E-state index contributed by atoms with van der Waals surface area (Å²) in [4.78, 5) is 32.7. The standard InChI is InChI=1S/C21H16N4O2S/c1-3-24-15-10-5-4-9-14(15)16(19(24)26)17-20(27)25-21(28-17)22-18(23-25)13-8-6-7-12(2)11-13/h4-11H,3H2,1-2H3. The van der Waals surface area contributed by atoms with Crippen molar-refractivity contribution in [1.82, 2.24) is 14.6 Å². The minimum Gasteiger partial charge on any atom is -0.308 e. The maximum absolute atomic E-state index is 13.1. The highest BCUT2D eigenvalue weighted by Crippen LogP contribution is 2.34. The van der Waals surface area contributed by atoms with E-state index in [4.69, 9.17) is 0 Å². The third-order valence-electron chi connectivity index (χ3n) is 4.90. The molecular weight excluding hydrogens is 372 g/mol. The van der Waals surface area contributed by atoms with Gasteiger partial charge in [-0.25, -0.2) is 0 Å². The number of benzene rings is 2. The number of carbonyl (C=O) groups excluding carboxylic acids is 1. The number of aryl methyl sites for hydroxylation is 1. The van der Waals surface area contributed by atoms with E-state index in [1.807, 2.05) is 62.4 Å². The van der Waals surface area contributed by atoms with Crippen LogP contribution in [0.1, 0.15) is 18.1 Å². The van der Waals surface area contributed by atoms with Gasteiger partial charge in [-0.1, -0.05) is 53.3 Å². The molecular formula is C21H16N4O2S. The van der Waals surface area contributed by atoms with Crippen molar-refractivity contribution in [3.63, 3.8) is 0 Å². The zero-order valence-corrected chi connectivity index (χ0v) is 16.2. The van der Waals surface area contributed by atoms with Crippen LogP contribution in [0.5, 0.6) is 0 Å². The van der Waals surface area contributed by atoms with Crippen LogP contribution in [0.25, 0.3) is 21.9 Å². The Morgan fingerprint density at radius 1 is 1.07 bits per heavy atom. The molecule has 0 spiro atoms. The van der Waals surface area contributed by atoms with E-state index in [1.165, 1.54) is 15.9 Å². The lowest BCUT2D eigenvalue weighted by Crippen LogP contribution is -2.32. The van der Waals surface area contributed by atoms with Gasteiger partial charge >= 0.3 is 0 Å². The van der Waals surface area contributed by atoms with Crippen LogP contribution in [0.15, 0.2) is 53.3 Å². The Morgan fingerprint density at radius 2 is 1.89 bits per heavy atom. The largest absolute Gasteiger partial charge is 0.308 e. The van der Waals surface area contributed by atoms with Crippen molar-refractivity contribution in [3.8, 4) is 11.4 Å². The summed E-state index contributed by atoms with van der Waals surface area (Å²) >= 11 is 1.21. The molecule has 0 bridgehead atoms. The number of para-hydroxylation sites is 1. The Balaban J connectivity index is 1.75. The third kappa shape index (κ3) is 2.33. The lowest BCUT2D eigenvalue weighted by molar-refractivity contribution is -0.113. The van der Waals surface area contributed by atoms with Gasteiger partial charge in [-0.2, -0.15) is 9.50 Å². The van der Waals surface area contributed by atoms with Crippen LogP contribution in [-0.4, -0.2) is 27.0 Å². The number of anilines is 1. The first-order valence-electron chi connectivity index (χ1n) is 9.00. The van der Waals surface area contributed by atoms with Crippen LogP contribution in [0, 0.1) is 6.92 Å². The normalized spacial score (nSPS) is 15.5. The molecule has 5 rings (SSSR count). The fraction of sp³-hybridized carbons (Fsp3) is 0.143. The summed E-state index contributed by atoms with van der Waals surface area (Å²) in [5.74, 6) is 0.362. The van der Waals surface area contributed by atoms with Crippen molar-refractivity contribution in [2.45, 2.75) is 13.8 Å². The molecule has 4 aromatic rings. The minimum atomic E-state index is -0.303. The average Bonchev–Trinajstić information content (AvgIpc) is 3.32. The first-order chi connectivity index (χ1) is 13.6. The lowest BCUT2D eigenvalue weighted by atomic mass is 10.1. The molecule has 6 nitrogen and oxygen atoms in total. The number of hydrogen-bond acceptors (Lipinski definition) is 5. The van der Waals surface area contributed by atoms with E-state index >= 15 is 0 Å². The molecule has 0 aliphatic carbocycles. The fourth-order valence-corrected chi connectivity index (χ4v) is 4.60. The van der Waals surface area contributed by atoms with E-state index in [2.05, 4.69) is 10.1 Å². The van der Waals surface area contributed by atoms with Crippen molar-refractivity contribution in [1.29, 1.82) is 0 Å². The van der Waals surface area contributed by atoms with Crippen LogP contribution in [0.2, 0.25) is 0 Å². The smallest absolute Gasteiger partial charge is 0.291 e. The number of aromatic nitrogens is 3. The van der Waals surface area contributed by atoms with Gasteiger partial charge in [0.25, 0.3) is 11.5 Å². The van der Waals surface area contributed by atoms with Crippen LogP contribution < -0.4 is 15.0 Å². The van der Waals surface area contributed by atoms with Crippen LogP contribution in [0.4, 0.5) is 5.69 Å². The predicted molar refractivity (Wildman–Crippen MR) is 110 cm³/mol. The highest BCUT2D eigenvalue weighted by atomic mass is 32.1. The van der Waals surface area contributed by atoms with Gasteiger partial charge in [-0.3, -0.25) is 9.59 Å². The lowest BCUT2D eigenvalue weighted by Gasteiger charge is -2.13. The Kier molecular flexibility index (Phi) is 3.67. The number of amides is 1. The van der Waals surface area contributed by atoms with Gasteiger partial charge < -0.3 is 4.90 Å². The molecule has 0 N–H and O–H groups in total. The molecule has 1 amide bonds. The molecule has 0 fully saturated rings. The van der Waals surface area contributed by atoms with Gasteiger partial charge in [0.2, 0.25) is 4.96 Å². The predicted octanol–water partition coefficient (Wildman–Crippen LogP) is 2.41. The van der Waals surface area contributed by atoms with E-state index in [0.717, 1.165) is 22.4 Å². The van der Waals surface area contributed by atoms with Crippen molar-refractivity contribution in [2.75, 3.05) is 11.4 Å². The molecule has 0 atom stereocenters. The number of fused-ring (bicyclic) bond motifs is 2. The Bertz CT molecular complexity index is 1370. The summed E-state index contributed by atoms with van der Waals surface area (Å²) in [7, 11) is 0. The quantitative estimate of drug-likeness (QED) is 0.529. The van der Waals surface area contributed by atoms with Crippen molar-refractivity contribution < 1.29 is 4.79 Å². The van der Waals surface area contributed by atoms with Gasteiger partial charge in [0, 0.05) is 17.7 Å². The van der Waals surface area contributed by atoms with E-state index in [9.17, 15) is 9.59 Å². The van der Waals surface area contributed by atoms with Gasteiger partial charge in [-0.05, 0) is 26.0 Å². The van der Waals surface area contributed by atoms with Crippen LogP contribution in [0.3, 0.4) is 0 Å². The first-order valence-corrected chi connectivity index (χ1v) is 9.82. The molecule has 0 saturated heterocycles. The van der Waals surface area contributed by atoms with Crippen LogP contribution >= 0.6 is 11.3 Å². The highest BCUT2D eigenvalue weighted by molar-refractivity contribution is 7.15. The van der Waals surface area contributed by atoms with E-state index in [0.29, 0.717) is 27.4 Å². The first kappa shape index (κ1) is 16.8. The summed E-state index contributed by atoms with van der Waals surface area (Å²) in [5.41, 5.74) is 3.73. The summed E-state index contributed by atoms with van der Waals surface area (Å²) in [6, 6.07) is 15.4. The highest BCUT2D eigenvalue weighted by Gasteiger charge is 2.33. The van der Waals surface area contributed by atoms with Crippen molar-refractivity contribution >= 4 is 33.5 Å². The third-order valence-corrected chi connectivity index (χ3v) is 5.93. The van der Waals surface area contributed by atoms with Crippen molar-refractivity contribution in [3.05, 3.63) is 74.5 Å². The molecule has 0 unspecified atom stereocenters. The van der Waals surface area contributed by atoms with Crippen molar-refractivity contribution in [2.24, 2.45) is 0 Å². The van der Waals surface area contributed by atoms with Gasteiger partial charge in [0.1, 0.15) is 4.53 Å². The number of thiazole rings is 1. The second kappa shape index (κ2) is 6.10. The molecule has 3 heterocycles. The maximum atomic E-state index is 13.1. The minimum absolute atomic E-state index is 0.149. The number of nitrogens with zero attached hydrogens (tertiary/aromatic N) is 4. The van der Waals surface area contributed by atoms with Gasteiger partial charge in [0.15, 0.2) is 5.82 Å². The summed E-state index contributed by atoms with van der Waals surface area (Å²) in [6.07, 6.45) is 0. The Labute approximate surface area is 164 Å². The van der Waals surface area contributed by atoms with Crippen LogP contribution in [-0.2, 0) is 4.79 Å². The fourth-order valence-electron chi connectivity index (χ4n) is 3.61. The molecule has 1 aliphatic rings. The average molecular weight is 388 g/mol. The molecule has 28 heavy (non-hydrogen) atoms. The molecule has 2 aromatic carbocycles. The van der Waals surface area contributed by atoms with Gasteiger partial charge in [-0.15, -0.1) is 5.10 Å². The SMILES string of the molecule is CCN1C(=O)C(=c2sc3nc(-c4cccc(C)c4)nn3c2=O)c2ccccc21. The molecule has 0 radical (unpaired) electrons. The summed E-state index contributed by atoms with van der Waals surface area (Å²) < 4.78 is 1.69. The second-order valence-electron chi connectivity index (χ2n) is 6.68. The van der Waals surface area contributed by atoms with E-state index in [-0.39, 0.29) is 11.5 Å². The monoisotopic (exact) mass is 388 g/mol. The second-order valence-corrected chi connectivity index (χ2v) is 7.65. The number of likely N-dealkylation sites (N-methyl/N-ethyl adjacent to an activating group) is 1. The van der Waals surface area contributed by atoms with E-state index in [1.54, 1.807) is 4.90 Å². The maximum Gasteiger partial charge on any atom is 0.291 e. The topological polar surface area (TPSA) is 67.6 Å². The van der Waals surface area contributed by atoms with Gasteiger partial charge in [0.05, 0.1) is 11.3 Å². The molecule has 138 valence electrons.